The number of hydrogen-bond donors (Lipinski definition) is 2. The monoisotopic (exact) mass is 441 g/mol. The van der Waals surface area contributed by atoms with Crippen molar-refractivity contribution < 1.29 is 19.1 Å². The Bertz CT molecular complexity index is 1050. The van der Waals surface area contributed by atoms with Crippen LogP contribution in [0.2, 0.25) is 0 Å². The maximum atomic E-state index is 12.1. The number of hydrazine groups is 1. The van der Waals surface area contributed by atoms with E-state index >= 15 is 0 Å². The minimum atomic E-state index is -0.460. The number of nitrogens with one attached hydrogen (secondary N) is 2. The van der Waals surface area contributed by atoms with Crippen LogP contribution in [0.5, 0.6) is 11.5 Å². The van der Waals surface area contributed by atoms with Crippen LogP contribution in [0.4, 0.5) is 0 Å². The van der Waals surface area contributed by atoms with Gasteiger partial charge in [0.1, 0.15) is 17.8 Å². The topological polar surface area (TPSA) is 107 Å². The van der Waals surface area contributed by atoms with Crippen molar-refractivity contribution in [2.24, 2.45) is 0 Å². The van der Waals surface area contributed by atoms with Crippen LogP contribution >= 0.6 is 11.8 Å². The van der Waals surface area contributed by atoms with Crippen LogP contribution in [0.25, 0.3) is 5.69 Å². The average Bonchev–Trinajstić information content (AvgIpc) is 3.25. The maximum Gasteiger partial charge on any atom is 0.276 e. The molecule has 1 heterocycles. The lowest BCUT2D eigenvalue weighted by atomic mass is 10.1. The molecule has 0 bridgehead atoms. The molecule has 9 nitrogen and oxygen atoms in total. The molecule has 162 valence electrons. The van der Waals surface area contributed by atoms with Gasteiger partial charge in [0.15, 0.2) is 11.8 Å². The number of carbonyl (C=O) groups is 2. The van der Waals surface area contributed by atoms with Gasteiger partial charge in [0, 0.05) is 5.69 Å². The van der Waals surface area contributed by atoms with Gasteiger partial charge in [-0.25, -0.2) is 0 Å². The van der Waals surface area contributed by atoms with Crippen molar-refractivity contribution in [2.45, 2.75) is 19.0 Å². The molecule has 0 aliphatic rings. The van der Waals surface area contributed by atoms with E-state index in [1.807, 2.05) is 50.2 Å². The van der Waals surface area contributed by atoms with E-state index in [0.29, 0.717) is 10.9 Å². The van der Waals surface area contributed by atoms with Gasteiger partial charge in [-0.3, -0.25) is 25.0 Å². The molecule has 0 saturated carbocycles. The number of aryl methyl sites for hydroxylation is 2. The van der Waals surface area contributed by atoms with E-state index in [0.717, 1.165) is 22.6 Å². The number of aromatic nitrogens is 3. The Morgan fingerprint density at radius 1 is 1.00 bits per heavy atom. The Kier molecular flexibility index (Phi) is 7.50. The Hall–Kier alpha value is -3.53. The fourth-order valence-electron chi connectivity index (χ4n) is 2.54. The summed E-state index contributed by atoms with van der Waals surface area (Å²) in [6.45, 7) is 3.76. The molecule has 0 fully saturated rings. The van der Waals surface area contributed by atoms with Gasteiger partial charge in [0.2, 0.25) is 5.91 Å². The summed E-state index contributed by atoms with van der Waals surface area (Å²) in [5.74, 6) is 0.542. The molecule has 0 atom stereocenters. The zero-order valence-corrected chi connectivity index (χ0v) is 18.2. The molecule has 0 aliphatic carbocycles. The van der Waals surface area contributed by atoms with Crippen LogP contribution in [0.3, 0.4) is 0 Å². The fourth-order valence-corrected chi connectivity index (χ4v) is 3.27. The molecule has 1 aromatic heterocycles. The molecule has 0 aliphatic heterocycles. The molecular formula is C21H23N5O4S. The number of nitrogens with zero attached hydrogens (tertiary/aromatic N) is 3. The number of ether oxygens (including phenoxy) is 2. The fraction of sp³-hybridized carbons (Fsp3) is 0.238. The highest BCUT2D eigenvalue weighted by atomic mass is 32.2. The first-order valence-electron chi connectivity index (χ1n) is 9.41. The van der Waals surface area contributed by atoms with Crippen LogP contribution in [0.1, 0.15) is 11.1 Å². The third kappa shape index (κ3) is 6.22. The van der Waals surface area contributed by atoms with Crippen molar-refractivity contribution in [1.82, 2.24) is 25.6 Å². The Morgan fingerprint density at radius 2 is 1.71 bits per heavy atom. The minimum absolute atomic E-state index is 0.0488. The van der Waals surface area contributed by atoms with Crippen LogP contribution in [0, 0.1) is 13.8 Å². The third-order valence-corrected chi connectivity index (χ3v) is 5.33. The second-order valence-electron chi connectivity index (χ2n) is 6.60. The van der Waals surface area contributed by atoms with Crippen molar-refractivity contribution in [3.63, 3.8) is 0 Å². The van der Waals surface area contributed by atoms with Gasteiger partial charge in [-0.2, -0.15) is 0 Å². The third-order valence-electron chi connectivity index (χ3n) is 4.39. The number of rotatable bonds is 8. The molecule has 10 heteroatoms. The van der Waals surface area contributed by atoms with Crippen molar-refractivity contribution in [3.05, 3.63) is 59.9 Å². The molecule has 2 amide bonds. The number of thioether (sulfide) groups is 1. The van der Waals surface area contributed by atoms with Crippen molar-refractivity contribution >= 4 is 23.6 Å². The number of methoxy groups -OCH3 is 1. The van der Waals surface area contributed by atoms with Crippen LogP contribution < -0.4 is 20.3 Å². The first-order valence-corrected chi connectivity index (χ1v) is 10.4. The van der Waals surface area contributed by atoms with Crippen LogP contribution in [-0.4, -0.2) is 46.0 Å². The minimum Gasteiger partial charge on any atom is -0.497 e. The first kappa shape index (κ1) is 22.2. The largest absolute Gasteiger partial charge is 0.497 e. The van der Waals surface area contributed by atoms with Crippen LogP contribution in [0.15, 0.2) is 53.9 Å². The number of benzene rings is 2. The lowest BCUT2D eigenvalue weighted by Gasteiger charge is -2.10. The molecule has 31 heavy (non-hydrogen) atoms. The highest BCUT2D eigenvalue weighted by Gasteiger charge is 2.11. The zero-order chi connectivity index (χ0) is 22.2. The highest BCUT2D eigenvalue weighted by Crippen LogP contribution is 2.21. The molecule has 0 spiro atoms. The van der Waals surface area contributed by atoms with Gasteiger partial charge in [-0.05, 0) is 61.4 Å². The maximum absolute atomic E-state index is 12.1. The van der Waals surface area contributed by atoms with E-state index in [1.54, 1.807) is 24.1 Å². The Morgan fingerprint density at radius 3 is 2.42 bits per heavy atom. The summed E-state index contributed by atoms with van der Waals surface area (Å²) in [4.78, 5) is 24.0. The van der Waals surface area contributed by atoms with Crippen molar-refractivity contribution in [2.75, 3.05) is 19.5 Å². The lowest BCUT2D eigenvalue weighted by molar-refractivity contribution is -0.128. The van der Waals surface area contributed by atoms with Crippen molar-refractivity contribution in [3.8, 4) is 17.2 Å². The zero-order valence-electron chi connectivity index (χ0n) is 17.4. The van der Waals surface area contributed by atoms with E-state index in [2.05, 4.69) is 21.0 Å². The summed E-state index contributed by atoms with van der Waals surface area (Å²) in [6, 6.07) is 13.0. The highest BCUT2D eigenvalue weighted by molar-refractivity contribution is 7.99. The van der Waals surface area contributed by atoms with E-state index < -0.39 is 5.91 Å². The van der Waals surface area contributed by atoms with Gasteiger partial charge in [-0.15, -0.1) is 10.2 Å². The summed E-state index contributed by atoms with van der Waals surface area (Å²) in [5, 5.41) is 8.48. The van der Waals surface area contributed by atoms with Gasteiger partial charge < -0.3 is 9.47 Å². The summed E-state index contributed by atoms with van der Waals surface area (Å²) >= 11 is 1.19. The summed E-state index contributed by atoms with van der Waals surface area (Å²) in [7, 11) is 1.60. The normalized spacial score (nSPS) is 10.4. The van der Waals surface area contributed by atoms with E-state index in [-0.39, 0.29) is 18.3 Å². The number of amides is 2. The Labute approximate surface area is 184 Å². The number of carbonyl (C=O) groups excluding carboxylic acids is 2. The summed E-state index contributed by atoms with van der Waals surface area (Å²) in [6.07, 6.45) is 1.56. The Balaban J connectivity index is 1.43. The molecule has 0 unspecified atom stereocenters. The molecular weight excluding hydrogens is 418 g/mol. The predicted octanol–water partition coefficient (Wildman–Crippen LogP) is 2.21. The lowest BCUT2D eigenvalue weighted by Crippen LogP contribution is -2.44. The van der Waals surface area contributed by atoms with Crippen molar-refractivity contribution in [1.29, 1.82) is 0 Å². The number of hydrogen-bond acceptors (Lipinski definition) is 7. The summed E-state index contributed by atoms with van der Waals surface area (Å²) < 4.78 is 12.3. The van der Waals surface area contributed by atoms with E-state index in [9.17, 15) is 9.59 Å². The van der Waals surface area contributed by atoms with E-state index in [1.165, 1.54) is 11.8 Å². The second-order valence-corrected chi connectivity index (χ2v) is 7.54. The van der Waals surface area contributed by atoms with Gasteiger partial charge in [-0.1, -0.05) is 17.8 Å². The van der Waals surface area contributed by atoms with Crippen LogP contribution in [-0.2, 0) is 9.59 Å². The smallest absolute Gasteiger partial charge is 0.276 e. The molecule has 0 saturated heterocycles. The molecule has 2 N–H and O–H groups in total. The molecule has 0 radical (unpaired) electrons. The van der Waals surface area contributed by atoms with Gasteiger partial charge in [0.25, 0.3) is 5.91 Å². The van der Waals surface area contributed by atoms with Gasteiger partial charge in [0.05, 0.1) is 12.9 Å². The predicted molar refractivity (Wildman–Crippen MR) is 116 cm³/mol. The quantitative estimate of drug-likeness (QED) is 0.408. The van der Waals surface area contributed by atoms with E-state index in [4.69, 9.17) is 9.47 Å². The first-order chi connectivity index (χ1) is 15.0. The SMILES string of the molecule is COc1ccc(-n2cnnc2SCC(=O)NNC(=O)COc2ccc(C)c(C)c2)cc1. The van der Waals surface area contributed by atoms with Gasteiger partial charge >= 0.3 is 0 Å². The molecule has 3 rings (SSSR count). The summed E-state index contributed by atoms with van der Waals surface area (Å²) in [5.41, 5.74) is 7.75. The molecule has 2 aromatic carbocycles. The average molecular weight is 442 g/mol. The standard InChI is InChI=1S/C21H23N5O4S/c1-14-4-7-18(10-15(14)2)30-11-19(27)23-24-20(28)12-31-21-25-22-13-26(21)16-5-8-17(29-3)9-6-16/h4-10,13H,11-12H2,1-3H3,(H,23,27)(H,24,28). The second kappa shape index (κ2) is 10.5. The molecule has 3 aromatic rings.